The Morgan fingerprint density at radius 2 is 1.67 bits per heavy atom. The van der Waals surface area contributed by atoms with Crippen molar-refractivity contribution in [3.8, 4) is 11.5 Å². The molecule has 1 aromatic heterocycles. The summed E-state index contributed by atoms with van der Waals surface area (Å²) in [5.74, 6) is 1.46. The number of ether oxygens (including phenoxy) is 3. The van der Waals surface area contributed by atoms with Crippen LogP contribution in [0.5, 0.6) is 11.5 Å². The number of likely N-dealkylation sites (tertiary alicyclic amines) is 2. The first-order chi connectivity index (χ1) is 23.1. The topological polar surface area (TPSA) is 97.6 Å². The molecule has 1 unspecified atom stereocenters. The molecule has 2 amide bonds. The van der Waals surface area contributed by atoms with Crippen LogP contribution in [0.2, 0.25) is 0 Å². The number of aryl methyl sites for hydroxylation is 1. The fourth-order valence-electron chi connectivity index (χ4n) is 6.66. The number of nitrogens with zero attached hydrogens (tertiary/aromatic N) is 4. The highest BCUT2D eigenvalue weighted by Gasteiger charge is 2.40. The zero-order valence-electron chi connectivity index (χ0n) is 28.2. The van der Waals surface area contributed by atoms with Gasteiger partial charge in [-0.2, -0.15) is 0 Å². The SMILES string of the molecule is CCOc1cc(CCC2OC(=O)N(CCN3CCC(N4CCCCC4)CC3)C2=O)ccc1OCc1coc(/C=C/c2ccccc2)n1.Cl.Cl. The standard InChI is InChI=1S/C37H46N4O6.2ClH/c1-2-44-34-25-29(11-14-32(34)45-26-30-27-46-35(38-30)16-13-28-9-5-3-6-10-28)12-15-33-36(42)41(37(43)47-33)24-23-39-21-17-31(18-22-39)40-19-7-4-8-20-40;;/h3,5-6,9-11,13-14,16,25,27,31,33H,2,4,7-8,12,15,17-24,26H2,1H3;2*1H/b16-13+;;. The summed E-state index contributed by atoms with van der Waals surface area (Å²) in [6.07, 6.45) is 11.3. The number of hydrogen-bond acceptors (Lipinski definition) is 9. The summed E-state index contributed by atoms with van der Waals surface area (Å²) in [6.45, 7) is 8.15. The molecule has 0 bridgehead atoms. The quantitative estimate of drug-likeness (QED) is 0.177. The minimum atomic E-state index is -0.767. The zero-order valence-corrected chi connectivity index (χ0v) is 29.8. The van der Waals surface area contributed by atoms with E-state index in [4.69, 9.17) is 18.6 Å². The van der Waals surface area contributed by atoms with Crippen LogP contribution >= 0.6 is 24.8 Å². The molecular formula is C37H48Cl2N4O6. The normalized spacial score (nSPS) is 19.0. The average molecular weight is 716 g/mol. The lowest BCUT2D eigenvalue weighted by Crippen LogP contribution is -2.48. The number of benzene rings is 2. The predicted octanol–water partition coefficient (Wildman–Crippen LogP) is 6.90. The Morgan fingerprint density at radius 1 is 0.898 bits per heavy atom. The van der Waals surface area contributed by atoms with Crippen molar-refractivity contribution in [1.29, 1.82) is 0 Å². The van der Waals surface area contributed by atoms with Crippen LogP contribution in [0.3, 0.4) is 0 Å². The number of imide groups is 1. The molecule has 4 heterocycles. The third kappa shape index (κ3) is 10.5. The third-order valence-electron chi connectivity index (χ3n) is 9.28. The number of rotatable bonds is 14. The Balaban J connectivity index is 0.00000270. The van der Waals surface area contributed by atoms with Crippen molar-refractivity contribution in [1.82, 2.24) is 19.7 Å². The number of hydrogen-bond donors (Lipinski definition) is 0. The van der Waals surface area contributed by atoms with E-state index in [0.717, 1.165) is 37.1 Å². The lowest BCUT2D eigenvalue weighted by molar-refractivity contribution is -0.130. The number of amides is 2. The van der Waals surface area contributed by atoms with Crippen LogP contribution in [0, 0.1) is 0 Å². The molecule has 3 aliphatic heterocycles. The molecule has 10 nitrogen and oxygen atoms in total. The van der Waals surface area contributed by atoms with E-state index in [1.807, 2.05) is 67.6 Å². The van der Waals surface area contributed by atoms with Crippen LogP contribution in [-0.2, 0) is 22.6 Å². The molecule has 3 saturated heterocycles. The van der Waals surface area contributed by atoms with Gasteiger partial charge in [0.2, 0.25) is 5.89 Å². The lowest BCUT2D eigenvalue weighted by Gasteiger charge is -2.40. The van der Waals surface area contributed by atoms with Crippen molar-refractivity contribution in [2.45, 2.75) is 70.6 Å². The Bertz CT molecular complexity index is 1510. The Kier molecular flexibility index (Phi) is 14.8. The van der Waals surface area contributed by atoms with E-state index < -0.39 is 12.2 Å². The molecule has 6 rings (SSSR count). The molecule has 0 aliphatic carbocycles. The highest BCUT2D eigenvalue weighted by atomic mass is 35.5. The van der Waals surface area contributed by atoms with Gasteiger partial charge in [0.25, 0.3) is 5.91 Å². The smallest absolute Gasteiger partial charge is 0.417 e. The van der Waals surface area contributed by atoms with Crippen LogP contribution < -0.4 is 9.47 Å². The first kappa shape index (κ1) is 38.2. The maximum atomic E-state index is 13.1. The fraction of sp³-hybridized carbons (Fsp3) is 0.486. The van der Waals surface area contributed by atoms with E-state index in [-0.39, 0.29) is 37.3 Å². The van der Waals surface area contributed by atoms with E-state index in [1.54, 1.807) is 6.26 Å². The fourth-order valence-corrected chi connectivity index (χ4v) is 6.66. The summed E-state index contributed by atoms with van der Waals surface area (Å²) in [4.78, 5) is 36.5. The second-order valence-electron chi connectivity index (χ2n) is 12.5. The van der Waals surface area contributed by atoms with Gasteiger partial charge in [0.15, 0.2) is 17.6 Å². The minimum Gasteiger partial charge on any atom is -0.490 e. The number of carbonyl (C=O) groups is 2. The zero-order chi connectivity index (χ0) is 32.4. The van der Waals surface area contributed by atoms with Gasteiger partial charge >= 0.3 is 6.09 Å². The van der Waals surface area contributed by atoms with Gasteiger partial charge in [0.1, 0.15) is 18.6 Å². The van der Waals surface area contributed by atoms with Gasteiger partial charge in [-0.05, 0) is 101 Å². The van der Waals surface area contributed by atoms with Crippen molar-refractivity contribution in [2.24, 2.45) is 0 Å². The maximum absolute atomic E-state index is 13.1. The van der Waals surface area contributed by atoms with Crippen LogP contribution in [0.25, 0.3) is 12.2 Å². The molecule has 266 valence electrons. The molecule has 2 aromatic carbocycles. The number of aromatic nitrogens is 1. The highest BCUT2D eigenvalue weighted by molar-refractivity contribution is 6.00. The van der Waals surface area contributed by atoms with Gasteiger partial charge in [0.05, 0.1) is 6.61 Å². The van der Waals surface area contributed by atoms with E-state index in [9.17, 15) is 9.59 Å². The van der Waals surface area contributed by atoms with Gasteiger partial charge in [-0.3, -0.25) is 4.79 Å². The van der Waals surface area contributed by atoms with Gasteiger partial charge in [-0.25, -0.2) is 14.7 Å². The van der Waals surface area contributed by atoms with Crippen LogP contribution in [-0.4, -0.2) is 89.7 Å². The van der Waals surface area contributed by atoms with E-state index >= 15 is 0 Å². The van der Waals surface area contributed by atoms with Gasteiger partial charge in [-0.15, -0.1) is 24.8 Å². The number of oxazole rings is 1. The van der Waals surface area contributed by atoms with Crippen molar-refractivity contribution < 1.29 is 28.2 Å². The largest absolute Gasteiger partial charge is 0.490 e. The van der Waals surface area contributed by atoms with Crippen LogP contribution in [0.15, 0.2) is 59.2 Å². The molecule has 3 fully saturated rings. The van der Waals surface area contributed by atoms with E-state index in [2.05, 4.69) is 14.8 Å². The third-order valence-corrected chi connectivity index (χ3v) is 9.28. The number of piperidine rings is 2. The number of cyclic esters (lactones) is 1. The van der Waals surface area contributed by atoms with Gasteiger partial charge < -0.3 is 28.4 Å². The Morgan fingerprint density at radius 3 is 2.43 bits per heavy atom. The molecule has 0 radical (unpaired) electrons. The molecule has 1 atom stereocenters. The monoisotopic (exact) mass is 714 g/mol. The molecule has 0 saturated carbocycles. The van der Waals surface area contributed by atoms with Crippen molar-refractivity contribution in [3.05, 3.63) is 77.5 Å². The summed E-state index contributed by atoms with van der Waals surface area (Å²) < 4.78 is 23.0. The van der Waals surface area contributed by atoms with Crippen LogP contribution in [0.4, 0.5) is 4.79 Å². The summed E-state index contributed by atoms with van der Waals surface area (Å²) in [7, 11) is 0. The highest BCUT2D eigenvalue weighted by Crippen LogP contribution is 2.31. The molecule has 3 aromatic rings. The second-order valence-corrected chi connectivity index (χ2v) is 12.5. The molecular weight excluding hydrogens is 667 g/mol. The minimum absolute atomic E-state index is 0. The molecule has 0 N–H and O–H groups in total. The van der Waals surface area contributed by atoms with Crippen LogP contribution in [0.1, 0.15) is 68.2 Å². The van der Waals surface area contributed by atoms with E-state index in [1.165, 1.54) is 37.3 Å². The Labute approximate surface area is 301 Å². The summed E-state index contributed by atoms with van der Waals surface area (Å²) in [6, 6.07) is 16.4. The molecule has 49 heavy (non-hydrogen) atoms. The summed E-state index contributed by atoms with van der Waals surface area (Å²) in [5, 5.41) is 0. The maximum Gasteiger partial charge on any atom is 0.417 e. The summed E-state index contributed by atoms with van der Waals surface area (Å²) in [5.41, 5.74) is 2.69. The summed E-state index contributed by atoms with van der Waals surface area (Å²) >= 11 is 0. The van der Waals surface area contributed by atoms with Gasteiger partial charge in [-0.1, -0.05) is 42.8 Å². The number of carbonyl (C=O) groups excluding carboxylic acids is 2. The van der Waals surface area contributed by atoms with E-state index in [0.29, 0.717) is 61.7 Å². The molecule has 12 heteroatoms. The van der Waals surface area contributed by atoms with Crippen molar-refractivity contribution in [2.75, 3.05) is 45.9 Å². The van der Waals surface area contributed by atoms with Crippen molar-refractivity contribution in [3.63, 3.8) is 0 Å². The average Bonchev–Trinajstić information content (AvgIpc) is 3.68. The molecule has 3 aliphatic rings. The van der Waals surface area contributed by atoms with Crippen molar-refractivity contribution >= 4 is 49.0 Å². The Hall–Kier alpha value is -3.57. The second kappa shape index (κ2) is 19.0. The lowest BCUT2D eigenvalue weighted by atomic mass is 10.00. The first-order valence-corrected chi connectivity index (χ1v) is 17.1. The number of halogens is 2. The molecule has 0 spiro atoms. The van der Waals surface area contributed by atoms with Gasteiger partial charge in [0, 0.05) is 25.2 Å². The predicted molar refractivity (Wildman–Crippen MR) is 194 cm³/mol. The first-order valence-electron chi connectivity index (χ1n) is 17.1.